The number of ether oxygens (including phenoxy) is 1. The molecule has 0 heterocycles. The highest BCUT2D eigenvalue weighted by atomic mass is 127. The van der Waals surface area contributed by atoms with Gasteiger partial charge in [0.05, 0.1) is 5.56 Å². The number of carbonyl (C=O) groups excluding carboxylic acids is 1. The van der Waals surface area contributed by atoms with Gasteiger partial charge in [0.25, 0.3) is 0 Å². The summed E-state index contributed by atoms with van der Waals surface area (Å²) in [6.45, 7) is 1.27. The molecule has 0 aliphatic rings. The molecule has 0 aliphatic carbocycles. The Kier molecular flexibility index (Phi) is 5.10. The Balaban J connectivity index is 2.18. The maximum Gasteiger partial charge on any atom is 0.416 e. The molecule has 0 fully saturated rings. The molecule has 0 saturated heterocycles. The minimum Gasteiger partial charge on any atom is -0.489 e. The first kappa shape index (κ1) is 16.8. The van der Waals surface area contributed by atoms with Crippen LogP contribution in [0.5, 0.6) is 5.75 Å². The Morgan fingerprint density at radius 2 is 1.86 bits per heavy atom. The second kappa shape index (κ2) is 6.68. The van der Waals surface area contributed by atoms with Crippen LogP contribution >= 0.6 is 22.6 Å². The van der Waals surface area contributed by atoms with Gasteiger partial charge in [-0.3, -0.25) is 4.79 Å². The fourth-order valence-electron chi connectivity index (χ4n) is 1.95. The van der Waals surface area contributed by atoms with E-state index in [1.165, 1.54) is 25.1 Å². The summed E-state index contributed by atoms with van der Waals surface area (Å²) in [6.07, 6.45) is -4.41. The van der Waals surface area contributed by atoms with E-state index in [4.69, 9.17) is 4.74 Å². The smallest absolute Gasteiger partial charge is 0.416 e. The number of Topliss-reactive ketones (excluding diaryl/α,β-unsaturated/α-hetero) is 1. The third-order valence-electron chi connectivity index (χ3n) is 3.04. The molecule has 0 aliphatic heterocycles. The van der Waals surface area contributed by atoms with Crippen molar-refractivity contribution in [3.05, 3.63) is 62.7 Å². The van der Waals surface area contributed by atoms with Crippen molar-refractivity contribution in [2.75, 3.05) is 0 Å². The molecule has 0 radical (unpaired) electrons. The van der Waals surface area contributed by atoms with Crippen LogP contribution in [0.3, 0.4) is 0 Å². The molecular weight excluding hydrogens is 408 g/mol. The van der Waals surface area contributed by atoms with Gasteiger partial charge in [-0.15, -0.1) is 0 Å². The quantitative estimate of drug-likeness (QED) is 0.509. The summed E-state index contributed by atoms with van der Waals surface area (Å²) in [5, 5.41) is 0. The first-order valence-corrected chi connectivity index (χ1v) is 7.45. The van der Waals surface area contributed by atoms with Crippen LogP contribution in [-0.4, -0.2) is 5.78 Å². The van der Waals surface area contributed by atoms with E-state index < -0.39 is 11.7 Å². The molecular formula is C16H12F3IO2. The fraction of sp³-hybridized carbons (Fsp3) is 0.188. The van der Waals surface area contributed by atoms with Gasteiger partial charge in [0.1, 0.15) is 12.4 Å². The monoisotopic (exact) mass is 420 g/mol. The zero-order chi connectivity index (χ0) is 16.3. The number of halogens is 4. The van der Waals surface area contributed by atoms with Gasteiger partial charge in [-0.1, -0.05) is 18.2 Å². The highest BCUT2D eigenvalue weighted by molar-refractivity contribution is 14.1. The average molecular weight is 420 g/mol. The van der Waals surface area contributed by atoms with Crippen LogP contribution in [-0.2, 0) is 12.8 Å². The predicted molar refractivity (Wildman–Crippen MR) is 84.9 cm³/mol. The zero-order valence-electron chi connectivity index (χ0n) is 11.6. The molecule has 116 valence electrons. The normalized spacial score (nSPS) is 11.3. The van der Waals surface area contributed by atoms with Crippen LogP contribution in [0.1, 0.15) is 28.4 Å². The van der Waals surface area contributed by atoms with Gasteiger partial charge in [-0.05, 0) is 53.8 Å². The Hall–Kier alpha value is -1.57. The van der Waals surface area contributed by atoms with Crippen LogP contribution in [0.15, 0.2) is 42.5 Å². The molecule has 0 bridgehead atoms. The van der Waals surface area contributed by atoms with Crippen molar-refractivity contribution in [1.29, 1.82) is 0 Å². The molecule has 2 aromatic carbocycles. The van der Waals surface area contributed by atoms with E-state index in [1.54, 1.807) is 18.2 Å². The summed E-state index contributed by atoms with van der Waals surface area (Å²) in [5.74, 6) is 0.352. The number of hydrogen-bond donors (Lipinski definition) is 0. The van der Waals surface area contributed by atoms with Gasteiger partial charge >= 0.3 is 6.18 Å². The van der Waals surface area contributed by atoms with Gasteiger partial charge in [0, 0.05) is 14.7 Å². The van der Waals surface area contributed by atoms with Gasteiger partial charge in [0.15, 0.2) is 5.78 Å². The van der Waals surface area contributed by atoms with E-state index in [0.717, 1.165) is 6.07 Å². The largest absolute Gasteiger partial charge is 0.489 e. The molecule has 0 aromatic heterocycles. The Bertz CT molecular complexity index is 696. The summed E-state index contributed by atoms with van der Waals surface area (Å²) in [5.41, 5.74) is -0.0747. The lowest BCUT2D eigenvalue weighted by Gasteiger charge is -2.14. The standard InChI is InChI=1S/C16H12F3IO2/c1-10(21)13-7-6-12(8-15(13)20)22-9-11-4-2-3-5-14(11)16(17,18)19/h2-8H,9H2,1H3. The van der Waals surface area contributed by atoms with Crippen LogP contribution in [0.4, 0.5) is 13.2 Å². The van der Waals surface area contributed by atoms with Gasteiger partial charge in [0.2, 0.25) is 0 Å². The molecule has 0 amide bonds. The van der Waals surface area contributed by atoms with E-state index in [-0.39, 0.29) is 18.0 Å². The SMILES string of the molecule is CC(=O)c1ccc(OCc2ccccc2C(F)(F)F)cc1I. The summed E-state index contributed by atoms with van der Waals surface area (Å²) in [6, 6.07) is 10.1. The van der Waals surface area contributed by atoms with Gasteiger partial charge in [-0.2, -0.15) is 13.2 Å². The third kappa shape index (κ3) is 4.00. The van der Waals surface area contributed by atoms with Crippen molar-refractivity contribution >= 4 is 28.4 Å². The highest BCUT2D eigenvalue weighted by Gasteiger charge is 2.32. The zero-order valence-corrected chi connectivity index (χ0v) is 13.7. The number of rotatable bonds is 4. The summed E-state index contributed by atoms with van der Waals surface area (Å²) >= 11 is 1.99. The van der Waals surface area contributed by atoms with Gasteiger partial charge < -0.3 is 4.74 Å². The topological polar surface area (TPSA) is 26.3 Å². The molecule has 2 rings (SSSR count). The summed E-state index contributed by atoms with van der Waals surface area (Å²) in [7, 11) is 0. The Labute approximate surface area is 139 Å². The van der Waals surface area contributed by atoms with Crippen LogP contribution in [0.25, 0.3) is 0 Å². The third-order valence-corrected chi connectivity index (χ3v) is 3.93. The van der Waals surface area contributed by atoms with Crippen molar-refractivity contribution < 1.29 is 22.7 Å². The second-order valence-electron chi connectivity index (χ2n) is 4.64. The van der Waals surface area contributed by atoms with E-state index in [2.05, 4.69) is 0 Å². The minimum absolute atomic E-state index is 0.0700. The molecule has 0 N–H and O–H groups in total. The molecule has 2 aromatic rings. The second-order valence-corrected chi connectivity index (χ2v) is 5.80. The number of ketones is 1. The molecule has 0 unspecified atom stereocenters. The highest BCUT2D eigenvalue weighted by Crippen LogP contribution is 2.32. The van der Waals surface area contributed by atoms with E-state index >= 15 is 0 Å². The number of hydrogen-bond acceptors (Lipinski definition) is 2. The molecule has 2 nitrogen and oxygen atoms in total. The maximum absolute atomic E-state index is 12.9. The van der Waals surface area contributed by atoms with Gasteiger partial charge in [-0.25, -0.2) is 0 Å². The van der Waals surface area contributed by atoms with Crippen LogP contribution < -0.4 is 4.74 Å². The number of carbonyl (C=O) groups is 1. The first-order valence-electron chi connectivity index (χ1n) is 6.37. The molecule has 22 heavy (non-hydrogen) atoms. The predicted octanol–water partition coefficient (Wildman–Crippen LogP) is 5.09. The summed E-state index contributed by atoms with van der Waals surface area (Å²) in [4.78, 5) is 11.3. The lowest BCUT2D eigenvalue weighted by Crippen LogP contribution is -2.10. The van der Waals surface area contributed by atoms with E-state index in [0.29, 0.717) is 14.9 Å². The van der Waals surface area contributed by atoms with Crippen molar-refractivity contribution in [3.8, 4) is 5.75 Å². The Morgan fingerprint density at radius 1 is 1.18 bits per heavy atom. The summed E-state index contributed by atoms with van der Waals surface area (Å²) < 4.78 is 44.8. The van der Waals surface area contributed by atoms with Crippen LogP contribution in [0, 0.1) is 3.57 Å². The first-order chi connectivity index (χ1) is 10.3. The van der Waals surface area contributed by atoms with Crippen molar-refractivity contribution in [2.45, 2.75) is 19.7 Å². The van der Waals surface area contributed by atoms with Crippen molar-refractivity contribution in [3.63, 3.8) is 0 Å². The average Bonchev–Trinajstić information content (AvgIpc) is 2.44. The minimum atomic E-state index is -4.41. The van der Waals surface area contributed by atoms with Crippen LogP contribution in [0.2, 0.25) is 0 Å². The lowest BCUT2D eigenvalue weighted by atomic mass is 10.1. The molecule has 6 heteroatoms. The molecule has 0 spiro atoms. The van der Waals surface area contributed by atoms with Crippen molar-refractivity contribution in [1.82, 2.24) is 0 Å². The fourth-order valence-corrected chi connectivity index (χ4v) is 2.82. The molecule has 0 atom stereocenters. The Morgan fingerprint density at radius 3 is 2.45 bits per heavy atom. The number of alkyl halides is 3. The van der Waals surface area contributed by atoms with Crippen molar-refractivity contribution in [2.24, 2.45) is 0 Å². The lowest BCUT2D eigenvalue weighted by molar-refractivity contribution is -0.138. The number of benzene rings is 2. The van der Waals surface area contributed by atoms with E-state index in [1.807, 2.05) is 22.6 Å². The maximum atomic E-state index is 12.9. The van der Waals surface area contributed by atoms with E-state index in [9.17, 15) is 18.0 Å². The molecule has 0 saturated carbocycles.